The Bertz CT molecular complexity index is 1270. The molecule has 182 valence electrons. The molecular formula is C26H30N6O3. The molecule has 0 spiro atoms. The van der Waals surface area contributed by atoms with E-state index in [1.807, 2.05) is 44.2 Å². The van der Waals surface area contributed by atoms with Gasteiger partial charge in [-0.25, -0.2) is 9.97 Å². The van der Waals surface area contributed by atoms with Gasteiger partial charge in [-0.05, 0) is 56.5 Å². The van der Waals surface area contributed by atoms with Crippen molar-refractivity contribution in [3.63, 3.8) is 0 Å². The maximum Gasteiger partial charge on any atom is 0.258 e. The maximum atomic E-state index is 12.2. The molecule has 3 aromatic rings. The van der Waals surface area contributed by atoms with Gasteiger partial charge in [0.05, 0.1) is 17.8 Å². The number of nitrogens with one attached hydrogen (secondary N) is 3. The smallest absolute Gasteiger partial charge is 0.258 e. The summed E-state index contributed by atoms with van der Waals surface area (Å²) in [5.74, 6) is 2.07. The number of hydrogen-bond acceptors (Lipinski definition) is 8. The van der Waals surface area contributed by atoms with Gasteiger partial charge in [0.2, 0.25) is 0 Å². The van der Waals surface area contributed by atoms with Crippen LogP contribution >= 0.6 is 0 Å². The highest BCUT2D eigenvalue weighted by Gasteiger charge is 2.38. The summed E-state index contributed by atoms with van der Waals surface area (Å²) in [6.07, 6.45) is 5.31. The van der Waals surface area contributed by atoms with Crippen LogP contribution in [0, 0.1) is 5.41 Å². The lowest BCUT2D eigenvalue weighted by Gasteiger charge is -2.14. The first-order valence-electron chi connectivity index (χ1n) is 11.6. The largest absolute Gasteiger partial charge is 0.494 e. The molecule has 0 saturated heterocycles. The van der Waals surface area contributed by atoms with Crippen LogP contribution < -0.4 is 25.8 Å². The number of anilines is 1. The summed E-state index contributed by atoms with van der Waals surface area (Å²) in [5, 5.41) is 14.4. The normalized spacial score (nSPS) is 14.3. The fourth-order valence-corrected chi connectivity index (χ4v) is 3.46. The molecule has 1 amide bonds. The van der Waals surface area contributed by atoms with E-state index >= 15 is 0 Å². The molecule has 2 aromatic carbocycles. The lowest BCUT2D eigenvalue weighted by atomic mass is 10.1. The zero-order chi connectivity index (χ0) is 24.8. The number of nitrogens with two attached hydrogens (primary N) is 1. The van der Waals surface area contributed by atoms with E-state index in [0.29, 0.717) is 41.0 Å². The van der Waals surface area contributed by atoms with Crippen molar-refractivity contribution in [2.75, 3.05) is 18.5 Å². The number of ether oxygens (including phenoxy) is 2. The van der Waals surface area contributed by atoms with E-state index in [1.54, 1.807) is 12.1 Å². The first-order valence-corrected chi connectivity index (χ1v) is 11.6. The third kappa shape index (κ3) is 6.06. The molecule has 1 saturated carbocycles. The number of carbonyl (C=O) groups is 1. The van der Waals surface area contributed by atoms with Crippen LogP contribution in [-0.4, -0.2) is 40.8 Å². The second kappa shape index (κ2) is 10.4. The summed E-state index contributed by atoms with van der Waals surface area (Å²) in [7, 11) is 0. The van der Waals surface area contributed by atoms with Crippen molar-refractivity contribution in [1.29, 1.82) is 5.41 Å². The van der Waals surface area contributed by atoms with Crippen LogP contribution in [0.15, 0.2) is 54.4 Å². The fraction of sp³-hybridized carbons (Fsp3) is 0.308. The zero-order valence-corrected chi connectivity index (χ0v) is 19.9. The molecule has 0 radical (unpaired) electrons. The van der Waals surface area contributed by atoms with Crippen LogP contribution in [0.25, 0.3) is 22.3 Å². The molecule has 5 N–H and O–H groups in total. The average molecular weight is 475 g/mol. The number of nitrogens with zero attached hydrogens (tertiary/aromatic N) is 2. The van der Waals surface area contributed by atoms with Crippen LogP contribution in [0.3, 0.4) is 0 Å². The molecule has 0 unspecified atom stereocenters. The van der Waals surface area contributed by atoms with E-state index < -0.39 is 0 Å². The molecule has 1 aromatic heterocycles. The van der Waals surface area contributed by atoms with Crippen molar-refractivity contribution in [3.05, 3.63) is 54.4 Å². The van der Waals surface area contributed by atoms with E-state index in [9.17, 15) is 4.79 Å². The Morgan fingerprint density at radius 3 is 2.69 bits per heavy atom. The quantitative estimate of drug-likeness (QED) is 0.309. The topological polar surface area (TPSA) is 135 Å². The number of benzene rings is 2. The van der Waals surface area contributed by atoms with Crippen molar-refractivity contribution in [2.24, 2.45) is 5.73 Å². The lowest BCUT2D eigenvalue weighted by Crippen LogP contribution is -2.37. The Balaban J connectivity index is 1.63. The highest BCUT2D eigenvalue weighted by atomic mass is 16.5. The molecule has 1 heterocycles. The van der Waals surface area contributed by atoms with Gasteiger partial charge in [0.25, 0.3) is 5.91 Å². The summed E-state index contributed by atoms with van der Waals surface area (Å²) in [6.45, 7) is 4.61. The van der Waals surface area contributed by atoms with E-state index in [1.165, 1.54) is 6.20 Å². The molecule has 9 heteroatoms. The van der Waals surface area contributed by atoms with Gasteiger partial charge < -0.3 is 31.3 Å². The van der Waals surface area contributed by atoms with E-state index in [2.05, 4.69) is 10.6 Å². The second-order valence-electron chi connectivity index (χ2n) is 8.74. The van der Waals surface area contributed by atoms with Crippen LogP contribution in [-0.2, 0) is 4.79 Å². The molecule has 9 nitrogen and oxygen atoms in total. The lowest BCUT2D eigenvalue weighted by molar-refractivity contribution is -0.123. The summed E-state index contributed by atoms with van der Waals surface area (Å²) < 4.78 is 11.5. The molecule has 1 fully saturated rings. The van der Waals surface area contributed by atoms with Crippen molar-refractivity contribution < 1.29 is 14.3 Å². The number of rotatable bonds is 11. The van der Waals surface area contributed by atoms with Gasteiger partial charge in [0, 0.05) is 28.9 Å². The minimum atomic E-state index is -0.141. The fourth-order valence-electron chi connectivity index (χ4n) is 3.46. The number of carbonyl (C=O) groups excluding carboxylic acids is 1. The third-order valence-electron chi connectivity index (χ3n) is 5.64. The standard InChI is InChI=1S/C26H30N6O3/c1-3-11-34-20-7-8-22-21(13-20)25(29-18(14-27)15-28)31-24(30-22)17-5-4-6-19(12-17)35-16-23(33)32-26(2)9-10-26/h4-8,12-15,27H,3,9-11,16,28H2,1-2H3,(H,32,33)(H,29,30,31)/b18-15+,27-14?. The molecule has 0 bridgehead atoms. The summed E-state index contributed by atoms with van der Waals surface area (Å²) in [6, 6.07) is 12.9. The number of hydrogen-bond donors (Lipinski definition) is 4. The van der Waals surface area contributed by atoms with Crippen molar-refractivity contribution in [3.8, 4) is 22.9 Å². The predicted molar refractivity (Wildman–Crippen MR) is 137 cm³/mol. The van der Waals surface area contributed by atoms with E-state index in [0.717, 1.165) is 36.4 Å². The number of fused-ring (bicyclic) bond motifs is 1. The van der Waals surface area contributed by atoms with Gasteiger partial charge in [-0.3, -0.25) is 4.79 Å². The van der Waals surface area contributed by atoms with E-state index in [-0.39, 0.29) is 18.1 Å². The van der Waals surface area contributed by atoms with Crippen molar-refractivity contribution in [1.82, 2.24) is 15.3 Å². The van der Waals surface area contributed by atoms with Crippen LogP contribution in [0.1, 0.15) is 33.1 Å². The molecule has 1 aliphatic carbocycles. The summed E-state index contributed by atoms with van der Waals surface area (Å²) in [4.78, 5) is 21.6. The van der Waals surface area contributed by atoms with Crippen molar-refractivity contribution >= 4 is 28.8 Å². The minimum Gasteiger partial charge on any atom is -0.494 e. The van der Waals surface area contributed by atoms with Crippen LogP contribution in [0.4, 0.5) is 5.82 Å². The summed E-state index contributed by atoms with van der Waals surface area (Å²) in [5.41, 5.74) is 7.38. The number of aromatic nitrogens is 2. The Hall–Kier alpha value is -4.14. The van der Waals surface area contributed by atoms with Crippen LogP contribution in [0.5, 0.6) is 11.5 Å². The molecule has 4 rings (SSSR count). The molecule has 0 aliphatic heterocycles. The van der Waals surface area contributed by atoms with E-state index in [4.69, 9.17) is 30.6 Å². The highest BCUT2D eigenvalue weighted by molar-refractivity contribution is 5.94. The first kappa shape index (κ1) is 24.0. The monoisotopic (exact) mass is 474 g/mol. The van der Waals surface area contributed by atoms with Crippen molar-refractivity contribution in [2.45, 2.75) is 38.6 Å². The first-order chi connectivity index (χ1) is 16.9. The van der Waals surface area contributed by atoms with Gasteiger partial charge in [0.1, 0.15) is 17.3 Å². The average Bonchev–Trinajstić information content (AvgIpc) is 3.60. The van der Waals surface area contributed by atoms with Gasteiger partial charge in [0.15, 0.2) is 12.4 Å². The Kier molecular flexibility index (Phi) is 7.14. The maximum absolute atomic E-state index is 12.2. The Morgan fingerprint density at radius 2 is 1.97 bits per heavy atom. The second-order valence-corrected chi connectivity index (χ2v) is 8.74. The predicted octanol–water partition coefficient (Wildman–Crippen LogP) is 3.99. The van der Waals surface area contributed by atoms with Gasteiger partial charge in [-0.15, -0.1) is 0 Å². The highest BCUT2D eigenvalue weighted by Crippen LogP contribution is 2.34. The zero-order valence-electron chi connectivity index (χ0n) is 19.9. The van der Waals surface area contributed by atoms with Gasteiger partial charge in [-0.1, -0.05) is 19.1 Å². The van der Waals surface area contributed by atoms with Crippen LogP contribution in [0.2, 0.25) is 0 Å². The summed E-state index contributed by atoms with van der Waals surface area (Å²) >= 11 is 0. The number of amides is 1. The third-order valence-corrected chi connectivity index (χ3v) is 5.64. The van der Waals surface area contributed by atoms with Gasteiger partial charge in [-0.2, -0.15) is 0 Å². The molecule has 35 heavy (non-hydrogen) atoms. The molecule has 0 atom stereocenters. The molecule has 1 aliphatic rings. The van der Waals surface area contributed by atoms with Gasteiger partial charge >= 0.3 is 0 Å². The Morgan fingerprint density at radius 1 is 1.17 bits per heavy atom. The minimum absolute atomic E-state index is 0.0606. The molecular weight excluding hydrogens is 444 g/mol. The Labute approximate surface area is 204 Å². The SMILES string of the molecule is CCCOc1ccc2nc(-c3cccc(OCC(=O)NC4(C)CC4)c3)nc(N/C(C=N)=C/N)c2c1. The number of allylic oxidation sites excluding steroid dienone is 1.